The molecule has 24 heavy (non-hydrogen) atoms. The van der Waals surface area contributed by atoms with E-state index < -0.39 is 35.0 Å². The van der Waals surface area contributed by atoms with Crippen LogP contribution < -0.4 is 0 Å². The highest BCUT2D eigenvalue weighted by molar-refractivity contribution is 5.94. The van der Waals surface area contributed by atoms with Crippen LogP contribution in [0.3, 0.4) is 0 Å². The van der Waals surface area contributed by atoms with Crippen molar-refractivity contribution >= 4 is 5.91 Å². The standard InChI is InChI=1S/C15H15F6NO2/c1-2-12-8-22(3-4-24-12)13(23)9-5-10(14(16,17)18)7-11(6-9)15(19,20)21/h5-7,12H,2-4,8H2,1H3/t12-/m0/s1. The third kappa shape index (κ3) is 4.19. The lowest BCUT2D eigenvalue weighted by Gasteiger charge is -2.32. The van der Waals surface area contributed by atoms with Crippen molar-refractivity contribution in [3.63, 3.8) is 0 Å². The molecule has 1 heterocycles. The van der Waals surface area contributed by atoms with Gasteiger partial charge in [0.2, 0.25) is 0 Å². The van der Waals surface area contributed by atoms with Crippen LogP contribution in [0.25, 0.3) is 0 Å². The van der Waals surface area contributed by atoms with Crippen LogP contribution in [0, 0.1) is 0 Å². The number of hydrogen-bond donors (Lipinski definition) is 0. The van der Waals surface area contributed by atoms with E-state index >= 15 is 0 Å². The third-order valence-corrected chi connectivity index (χ3v) is 3.72. The largest absolute Gasteiger partial charge is 0.416 e. The lowest BCUT2D eigenvalue weighted by atomic mass is 10.0. The zero-order valence-electron chi connectivity index (χ0n) is 12.7. The second-order valence-corrected chi connectivity index (χ2v) is 5.45. The average Bonchev–Trinajstić information content (AvgIpc) is 2.52. The number of benzene rings is 1. The number of carbonyl (C=O) groups excluding carboxylic acids is 1. The van der Waals surface area contributed by atoms with Crippen molar-refractivity contribution in [2.75, 3.05) is 19.7 Å². The van der Waals surface area contributed by atoms with Crippen LogP contribution in [0.5, 0.6) is 0 Å². The zero-order chi connectivity index (χ0) is 18.1. The summed E-state index contributed by atoms with van der Waals surface area (Å²) >= 11 is 0. The lowest BCUT2D eigenvalue weighted by molar-refractivity contribution is -0.143. The molecule has 1 aromatic rings. The molecule has 1 saturated heterocycles. The number of halogens is 6. The Bertz CT molecular complexity index is 579. The Morgan fingerprint density at radius 2 is 1.67 bits per heavy atom. The van der Waals surface area contributed by atoms with Gasteiger partial charge in [0.05, 0.1) is 23.8 Å². The van der Waals surface area contributed by atoms with Gasteiger partial charge in [-0.05, 0) is 24.6 Å². The van der Waals surface area contributed by atoms with Gasteiger partial charge in [0, 0.05) is 18.7 Å². The fourth-order valence-corrected chi connectivity index (χ4v) is 2.41. The average molecular weight is 355 g/mol. The molecule has 1 aliphatic heterocycles. The summed E-state index contributed by atoms with van der Waals surface area (Å²) in [6.07, 6.45) is -9.66. The molecule has 1 aliphatic rings. The second-order valence-electron chi connectivity index (χ2n) is 5.45. The van der Waals surface area contributed by atoms with E-state index in [-0.39, 0.29) is 31.9 Å². The minimum Gasteiger partial charge on any atom is -0.375 e. The molecule has 3 nitrogen and oxygen atoms in total. The summed E-state index contributed by atoms with van der Waals surface area (Å²) in [7, 11) is 0. The van der Waals surface area contributed by atoms with Crippen LogP contribution in [0.2, 0.25) is 0 Å². The summed E-state index contributed by atoms with van der Waals surface area (Å²) in [6, 6.07) is 0.910. The van der Waals surface area contributed by atoms with Crippen LogP contribution in [0.4, 0.5) is 26.3 Å². The SMILES string of the molecule is CC[C@H]1CN(C(=O)c2cc(C(F)(F)F)cc(C(F)(F)F)c2)CCO1. The molecule has 9 heteroatoms. The maximum atomic E-state index is 12.8. The fourth-order valence-electron chi connectivity index (χ4n) is 2.41. The Labute approximate surface area is 134 Å². The third-order valence-electron chi connectivity index (χ3n) is 3.72. The molecule has 134 valence electrons. The van der Waals surface area contributed by atoms with Gasteiger partial charge in [-0.15, -0.1) is 0 Å². The Balaban J connectivity index is 2.39. The van der Waals surface area contributed by atoms with Crippen molar-refractivity contribution in [1.82, 2.24) is 4.90 Å². The number of ether oxygens (including phenoxy) is 1. The van der Waals surface area contributed by atoms with E-state index in [2.05, 4.69) is 0 Å². The van der Waals surface area contributed by atoms with E-state index in [1.165, 1.54) is 4.90 Å². The molecule has 1 fully saturated rings. The maximum absolute atomic E-state index is 12.8. The molecule has 1 aromatic carbocycles. The van der Waals surface area contributed by atoms with Gasteiger partial charge in [-0.1, -0.05) is 6.92 Å². The van der Waals surface area contributed by atoms with Crippen molar-refractivity contribution in [2.24, 2.45) is 0 Å². The molecule has 0 saturated carbocycles. The summed E-state index contributed by atoms with van der Waals surface area (Å²) in [5.74, 6) is -0.867. The summed E-state index contributed by atoms with van der Waals surface area (Å²) in [6.45, 7) is 2.25. The van der Waals surface area contributed by atoms with E-state index in [9.17, 15) is 31.1 Å². The predicted octanol–water partition coefficient (Wildman–Crippen LogP) is 3.98. The Hall–Kier alpha value is -1.77. The molecular formula is C15H15F6NO2. The first-order valence-corrected chi connectivity index (χ1v) is 7.22. The first-order valence-electron chi connectivity index (χ1n) is 7.22. The molecule has 0 unspecified atom stereocenters. The number of nitrogens with zero attached hydrogens (tertiary/aromatic N) is 1. The van der Waals surface area contributed by atoms with Crippen molar-refractivity contribution in [1.29, 1.82) is 0 Å². The van der Waals surface area contributed by atoms with Crippen LogP contribution >= 0.6 is 0 Å². The minimum absolute atomic E-state index is 0.00490. The van der Waals surface area contributed by atoms with Gasteiger partial charge in [-0.3, -0.25) is 4.79 Å². The minimum atomic E-state index is -4.98. The normalized spacial score (nSPS) is 19.5. The zero-order valence-corrected chi connectivity index (χ0v) is 12.7. The van der Waals surface area contributed by atoms with E-state index in [1.54, 1.807) is 0 Å². The van der Waals surface area contributed by atoms with Crippen molar-refractivity contribution in [2.45, 2.75) is 31.8 Å². The van der Waals surface area contributed by atoms with Gasteiger partial charge in [-0.2, -0.15) is 26.3 Å². The van der Waals surface area contributed by atoms with Gasteiger partial charge in [0.15, 0.2) is 0 Å². The molecule has 0 bridgehead atoms. The van der Waals surface area contributed by atoms with Crippen molar-refractivity contribution in [3.8, 4) is 0 Å². The van der Waals surface area contributed by atoms with E-state index in [0.29, 0.717) is 18.6 Å². The Morgan fingerprint density at radius 1 is 1.12 bits per heavy atom. The topological polar surface area (TPSA) is 29.5 Å². The Kier molecular flexibility index (Phi) is 5.12. The first-order chi connectivity index (χ1) is 11.0. The van der Waals surface area contributed by atoms with Gasteiger partial charge in [-0.25, -0.2) is 0 Å². The van der Waals surface area contributed by atoms with E-state index in [0.717, 1.165) is 0 Å². The molecule has 0 aliphatic carbocycles. The molecule has 2 rings (SSSR count). The quantitative estimate of drug-likeness (QED) is 0.751. The maximum Gasteiger partial charge on any atom is 0.416 e. The van der Waals surface area contributed by atoms with Crippen molar-refractivity contribution in [3.05, 3.63) is 34.9 Å². The van der Waals surface area contributed by atoms with Gasteiger partial charge >= 0.3 is 12.4 Å². The molecule has 1 atom stereocenters. The number of morpholine rings is 1. The number of rotatable bonds is 2. The van der Waals surface area contributed by atoms with Crippen LogP contribution in [0.1, 0.15) is 34.8 Å². The highest BCUT2D eigenvalue weighted by atomic mass is 19.4. The number of hydrogen-bond acceptors (Lipinski definition) is 2. The molecule has 0 spiro atoms. The highest BCUT2D eigenvalue weighted by Crippen LogP contribution is 2.36. The van der Waals surface area contributed by atoms with Crippen LogP contribution in [-0.4, -0.2) is 36.6 Å². The second kappa shape index (κ2) is 6.62. The predicted molar refractivity (Wildman–Crippen MR) is 72.4 cm³/mol. The molecular weight excluding hydrogens is 340 g/mol. The fraction of sp³-hybridized carbons (Fsp3) is 0.533. The molecule has 0 radical (unpaired) electrons. The van der Waals surface area contributed by atoms with E-state index in [4.69, 9.17) is 4.74 Å². The van der Waals surface area contributed by atoms with Gasteiger partial charge in [0.25, 0.3) is 5.91 Å². The molecule has 0 N–H and O–H groups in total. The highest BCUT2D eigenvalue weighted by Gasteiger charge is 2.38. The number of amides is 1. The van der Waals surface area contributed by atoms with E-state index in [1.807, 2.05) is 6.92 Å². The lowest BCUT2D eigenvalue weighted by Crippen LogP contribution is -2.45. The molecule has 0 aromatic heterocycles. The summed E-state index contributed by atoms with van der Waals surface area (Å²) in [5.41, 5.74) is -3.63. The van der Waals surface area contributed by atoms with Gasteiger partial charge in [0.1, 0.15) is 0 Å². The van der Waals surface area contributed by atoms with Crippen LogP contribution in [0.15, 0.2) is 18.2 Å². The Morgan fingerprint density at radius 3 is 2.12 bits per heavy atom. The first kappa shape index (κ1) is 18.6. The van der Waals surface area contributed by atoms with Crippen LogP contribution in [-0.2, 0) is 17.1 Å². The summed E-state index contributed by atoms with van der Waals surface area (Å²) in [5, 5.41) is 0. The summed E-state index contributed by atoms with van der Waals surface area (Å²) < 4.78 is 82.4. The number of carbonyl (C=O) groups is 1. The smallest absolute Gasteiger partial charge is 0.375 e. The number of alkyl halides is 6. The monoisotopic (exact) mass is 355 g/mol. The van der Waals surface area contributed by atoms with Crippen molar-refractivity contribution < 1.29 is 35.9 Å². The molecule has 1 amide bonds. The summed E-state index contributed by atoms with van der Waals surface area (Å²) in [4.78, 5) is 13.6. The van der Waals surface area contributed by atoms with Gasteiger partial charge < -0.3 is 9.64 Å².